The second kappa shape index (κ2) is 4.31. The highest BCUT2D eigenvalue weighted by Gasteiger charge is 2.41. The summed E-state index contributed by atoms with van der Waals surface area (Å²) in [6.45, 7) is 9.08. The van der Waals surface area contributed by atoms with E-state index in [1.807, 2.05) is 13.8 Å². The van der Waals surface area contributed by atoms with E-state index in [1.165, 1.54) is 4.90 Å². The first-order valence-electron chi connectivity index (χ1n) is 5.38. The molecule has 1 fully saturated rings. The molecule has 0 bridgehead atoms. The lowest BCUT2D eigenvalue weighted by Gasteiger charge is -2.27. The van der Waals surface area contributed by atoms with Crippen molar-refractivity contribution in [2.24, 2.45) is 5.92 Å². The van der Waals surface area contributed by atoms with Gasteiger partial charge in [0.15, 0.2) is 6.73 Å². The van der Waals surface area contributed by atoms with E-state index in [0.29, 0.717) is 0 Å². The average molecular weight is 229 g/mol. The molecule has 1 rings (SSSR count). The van der Waals surface area contributed by atoms with Gasteiger partial charge in [-0.15, -0.1) is 0 Å². The highest BCUT2D eigenvalue weighted by atomic mass is 16.6. The topological polar surface area (TPSA) is 55.8 Å². The van der Waals surface area contributed by atoms with E-state index in [0.717, 1.165) is 0 Å². The standard InChI is InChI=1S/C11H19NO4/c1-7(2)8-9(13)15-6-12(8)10(14)16-11(3,4)5/h7-8H,6H2,1-5H3/t8-/m0/s1. The van der Waals surface area contributed by atoms with E-state index in [2.05, 4.69) is 0 Å². The molecular weight excluding hydrogens is 210 g/mol. The van der Waals surface area contributed by atoms with Gasteiger partial charge in [0, 0.05) is 0 Å². The van der Waals surface area contributed by atoms with Gasteiger partial charge < -0.3 is 9.47 Å². The maximum absolute atomic E-state index is 11.8. The summed E-state index contributed by atoms with van der Waals surface area (Å²) < 4.78 is 10.1. The summed E-state index contributed by atoms with van der Waals surface area (Å²) >= 11 is 0. The number of amides is 1. The maximum atomic E-state index is 11.8. The highest BCUT2D eigenvalue weighted by molar-refractivity contribution is 5.84. The van der Waals surface area contributed by atoms with Crippen molar-refractivity contribution >= 4 is 12.1 Å². The quantitative estimate of drug-likeness (QED) is 0.643. The van der Waals surface area contributed by atoms with E-state index in [9.17, 15) is 9.59 Å². The molecule has 92 valence electrons. The van der Waals surface area contributed by atoms with Crippen molar-refractivity contribution < 1.29 is 19.1 Å². The van der Waals surface area contributed by atoms with Crippen molar-refractivity contribution in [3.05, 3.63) is 0 Å². The SMILES string of the molecule is CC(C)[C@H]1C(=O)OCN1C(=O)OC(C)(C)C. The summed E-state index contributed by atoms with van der Waals surface area (Å²) in [5.41, 5.74) is -0.565. The molecule has 0 radical (unpaired) electrons. The van der Waals surface area contributed by atoms with Crippen LogP contribution in [0, 0.1) is 5.92 Å². The Morgan fingerprint density at radius 2 is 2.06 bits per heavy atom. The number of hydrogen-bond donors (Lipinski definition) is 0. The van der Waals surface area contributed by atoms with Gasteiger partial charge in [0.25, 0.3) is 0 Å². The minimum absolute atomic E-state index is 0.0162. The minimum Gasteiger partial charge on any atom is -0.444 e. The first-order valence-corrected chi connectivity index (χ1v) is 5.38. The molecule has 0 aliphatic carbocycles. The molecule has 1 saturated heterocycles. The van der Waals surface area contributed by atoms with Gasteiger partial charge in [0.1, 0.15) is 11.6 Å². The van der Waals surface area contributed by atoms with Gasteiger partial charge in [0.05, 0.1) is 0 Å². The second-order valence-corrected chi connectivity index (χ2v) is 5.23. The van der Waals surface area contributed by atoms with Gasteiger partial charge in [-0.05, 0) is 26.7 Å². The van der Waals surface area contributed by atoms with Crippen LogP contribution in [0.3, 0.4) is 0 Å². The molecule has 0 saturated carbocycles. The van der Waals surface area contributed by atoms with Gasteiger partial charge >= 0.3 is 12.1 Å². The van der Waals surface area contributed by atoms with E-state index < -0.39 is 17.7 Å². The number of nitrogens with zero attached hydrogens (tertiary/aromatic N) is 1. The molecule has 0 aromatic carbocycles. The van der Waals surface area contributed by atoms with Gasteiger partial charge in [-0.25, -0.2) is 9.59 Å². The molecule has 0 unspecified atom stereocenters. The molecule has 1 heterocycles. The third-order valence-corrected chi connectivity index (χ3v) is 2.18. The van der Waals surface area contributed by atoms with Gasteiger partial charge in [0.2, 0.25) is 0 Å². The Balaban J connectivity index is 2.73. The first kappa shape index (κ1) is 12.8. The third kappa shape index (κ3) is 2.87. The Kier molecular flexibility index (Phi) is 3.45. The van der Waals surface area contributed by atoms with Crippen molar-refractivity contribution in [3.8, 4) is 0 Å². The zero-order chi connectivity index (χ0) is 12.5. The zero-order valence-corrected chi connectivity index (χ0v) is 10.4. The molecule has 0 spiro atoms. The second-order valence-electron chi connectivity index (χ2n) is 5.23. The van der Waals surface area contributed by atoms with Crippen molar-refractivity contribution in [1.29, 1.82) is 0 Å². The van der Waals surface area contributed by atoms with Gasteiger partial charge in [-0.1, -0.05) is 13.8 Å². The Labute approximate surface area is 95.7 Å². The van der Waals surface area contributed by atoms with Crippen LogP contribution in [0.5, 0.6) is 0 Å². The number of carbonyl (C=O) groups excluding carboxylic acids is 2. The summed E-state index contributed by atoms with van der Waals surface area (Å²) in [5, 5.41) is 0. The fraction of sp³-hybridized carbons (Fsp3) is 0.818. The molecule has 1 atom stereocenters. The molecule has 0 aromatic heterocycles. The summed E-state index contributed by atoms with van der Waals surface area (Å²) in [7, 11) is 0. The van der Waals surface area contributed by atoms with Crippen LogP contribution in [0.2, 0.25) is 0 Å². The average Bonchev–Trinajstić information content (AvgIpc) is 2.43. The Morgan fingerprint density at radius 1 is 1.50 bits per heavy atom. The fourth-order valence-electron chi connectivity index (χ4n) is 1.54. The van der Waals surface area contributed by atoms with Crippen LogP contribution in [0.25, 0.3) is 0 Å². The molecule has 5 nitrogen and oxygen atoms in total. The summed E-state index contributed by atoms with van der Waals surface area (Å²) in [6, 6.07) is -0.533. The van der Waals surface area contributed by atoms with Crippen LogP contribution in [-0.2, 0) is 14.3 Å². The van der Waals surface area contributed by atoms with Crippen LogP contribution >= 0.6 is 0 Å². The minimum atomic E-state index is -0.565. The summed E-state index contributed by atoms with van der Waals surface area (Å²) in [6.07, 6.45) is -0.503. The number of ether oxygens (including phenoxy) is 2. The molecule has 16 heavy (non-hydrogen) atoms. The lowest BCUT2D eigenvalue weighted by atomic mass is 10.0. The third-order valence-electron chi connectivity index (χ3n) is 2.18. The molecule has 1 aliphatic heterocycles. The normalized spacial score (nSPS) is 21.2. The van der Waals surface area contributed by atoms with Gasteiger partial charge in [-0.2, -0.15) is 0 Å². The molecule has 1 aliphatic rings. The summed E-state index contributed by atoms with van der Waals surface area (Å²) in [5.74, 6) is -0.344. The van der Waals surface area contributed by atoms with Gasteiger partial charge in [-0.3, -0.25) is 4.90 Å². The van der Waals surface area contributed by atoms with E-state index >= 15 is 0 Å². The number of carbonyl (C=O) groups is 2. The number of cyclic esters (lactones) is 1. The molecule has 5 heteroatoms. The number of hydrogen-bond acceptors (Lipinski definition) is 4. The van der Waals surface area contributed by atoms with Crippen LogP contribution in [0.4, 0.5) is 4.79 Å². The molecule has 0 aromatic rings. The monoisotopic (exact) mass is 229 g/mol. The smallest absolute Gasteiger partial charge is 0.413 e. The van der Waals surface area contributed by atoms with Crippen LogP contribution in [0.1, 0.15) is 34.6 Å². The van der Waals surface area contributed by atoms with Crippen molar-refractivity contribution in [2.75, 3.05) is 6.73 Å². The number of esters is 1. The van der Waals surface area contributed by atoms with Crippen LogP contribution < -0.4 is 0 Å². The van der Waals surface area contributed by atoms with Crippen LogP contribution in [-0.4, -0.2) is 35.3 Å². The zero-order valence-electron chi connectivity index (χ0n) is 10.4. The molecule has 1 amide bonds. The van der Waals surface area contributed by atoms with E-state index in [-0.39, 0.29) is 18.6 Å². The Hall–Kier alpha value is -1.26. The first-order chi connectivity index (χ1) is 7.22. The maximum Gasteiger partial charge on any atom is 0.413 e. The lowest BCUT2D eigenvalue weighted by Crippen LogP contribution is -2.44. The number of rotatable bonds is 1. The van der Waals surface area contributed by atoms with Crippen molar-refractivity contribution in [1.82, 2.24) is 4.90 Å². The lowest BCUT2D eigenvalue weighted by molar-refractivity contribution is -0.139. The molecular formula is C11H19NO4. The van der Waals surface area contributed by atoms with Crippen LogP contribution in [0.15, 0.2) is 0 Å². The van der Waals surface area contributed by atoms with E-state index in [4.69, 9.17) is 9.47 Å². The fourth-order valence-corrected chi connectivity index (χ4v) is 1.54. The largest absolute Gasteiger partial charge is 0.444 e. The Bertz CT molecular complexity index is 293. The predicted octanol–water partition coefficient (Wildman–Crippen LogP) is 1.76. The predicted molar refractivity (Wildman–Crippen MR) is 57.7 cm³/mol. The van der Waals surface area contributed by atoms with E-state index in [1.54, 1.807) is 20.8 Å². The Morgan fingerprint density at radius 3 is 2.50 bits per heavy atom. The molecule has 0 N–H and O–H groups in total. The van der Waals surface area contributed by atoms with Crippen molar-refractivity contribution in [2.45, 2.75) is 46.3 Å². The summed E-state index contributed by atoms with van der Waals surface area (Å²) in [4.78, 5) is 24.5. The van der Waals surface area contributed by atoms with Crippen molar-refractivity contribution in [3.63, 3.8) is 0 Å². The highest BCUT2D eigenvalue weighted by Crippen LogP contribution is 2.21.